The van der Waals surface area contributed by atoms with Gasteiger partial charge in [0, 0.05) is 18.0 Å². The first-order valence-electron chi connectivity index (χ1n) is 7.66. The molecule has 0 aliphatic heterocycles. The Morgan fingerprint density at radius 2 is 1.83 bits per heavy atom. The van der Waals surface area contributed by atoms with Gasteiger partial charge >= 0.3 is 5.97 Å². The smallest absolute Gasteiger partial charge is 0.335 e. The van der Waals surface area contributed by atoms with Crippen LogP contribution in [0.25, 0.3) is 10.9 Å². The van der Waals surface area contributed by atoms with Gasteiger partial charge in [-0.2, -0.15) is 0 Å². The highest BCUT2D eigenvalue weighted by Crippen LogP contribution is 2.19. The van der Waals surface area contributed by atoms with Gasteiger partial charge in [-0.05, 0) is 36.6 Å². The molecule has 0 aliphatic rings. The molecule has 5 heteroatoms. The Kier molecular flexibility index (Phi) is 4.42. The quantitative estimate of drug-likeness (QED) is 0.781. The van der Waals surface area contributed by atoms with Crippen LogP contribution in [0.5, 0.6) is 0 Å². The SMILES string of the molecule is O=C(O)c1cc(F)c2c(ccc(=O)n2CCCc2ccccc2)c1. The van der Waals surface area contributed by atoms with Crippen molar-refractivity contribution in [3.05, 3.63) is 81.9 Å². The molecule has 4 nitrogen and oxygen atoms in total. The van der Waals surface area contributed by atoms with Gasteiger partial charge in [-0.15, -0.1) is 0 Å². The highest BCUT2D eigenvalue weighted by Gasteiger charge is 2.13. The molecule has 0 amide bonds. The molecule has 3 aromatic rings. The van der Waals surface area contributed by atoms with Crippen LogP contribution in [-0.4, -0.2) is 15.6 Å². The maximum Gasteiger partial charge on any atom is 0.335 e. The molecule has 3 rings (SSSR count). The van der Waals surface area contributed by atoms with Gasteiger partial charge in [0.1, 0.15) is 5.82 Å². The maximum absolute atomic E-state index is 14.4. The van der Waals surface area contributed by atoms with E-state index >= 15 is 0 Å². The van der Waals surface area contributed by atoms with E-state index in [1.807, 2.05) is 30.3 Å². The topological polar surface area (TPSA) is 59.3 Å². The fourth-order valence-electron chi connectivity index (χ4n) is 2.82. The molecule has 0 saturated heterocycles. The first kappa shape index (κ1) is 15.9. The fraction of sp³-hybridized carbons (Fsp3) is 0.158. The number of aromatic carboxylic acids is 1. The Labute approximate surface area is 137 Å². The summed E-state index contributed by atoms with van der Waals surface area (Å²) in [6, 6.07) is 15.0. The third-order valence-corrected chi connectivity index (χ3v) is 3.97. The average Bonchev–Trinajstić information content (AvgIpc) is 2.57. The standard InChI is InChI=1S/C19H16FNO3/c20-16-12-15(19(23)24)11-14-8-9-17(22)21(18(14)16)10-4-7-13-5-2-1-3-6-13/h1-3,5-6,8-9,11-12H,4,7,10H2,(H,23,24). The Morgan fingerprint density at radius 3 is 2.54 bits per heavy atom. The minimum Gasteiger partial charge on any atom is -0.478 e. The molecule has 1 aromatic heterocycles. The van der Waals surface area contributed by atoms with Gasteiger partial charge in [-0.25, -0.2) is 9.18 Å². The zero-order valence-electron chi connectivity index (χ0n) is 12.9. The minimum absolute atomic E-state index is 0.130. The zero-order valence-corrected chi connectivity index (χ0v) is 12.9. The number of carboxylic acids is 1. The molecule has 0 radical (unpaired) electrons. The Morgan fingerprint density at radius 1 is 1.08 bits per heavy atom. The highest BCUT2D eigenvalue weighted by atomic mass is 19.1. The summed E-state index contributed by atoms with van der Waals surface area (Å²) >= 11 is 0. The first-order chi connectivity index (χ1) is 11.6. The molecule has 0 fully saturated rings. The van der Waals surface area contributed by atoms with E-state index in [0.717, 1.165) is 18.1 Å². The van der Waals surface area contributed by atoms with E-state index < -0.39 is 11.8 Å². The second kappa shape index (κ2) is 6.66. The normalized spacial score (nSPS) is 10.9. The minimum atomic E-state index is -1.20. The highest BCUT2D eigenvalue weighted by molar-refractivity contribution is 5.93. The molecule has 24 heavy (non-hydrogen) atoms. The van der Waals surface area contributed by atoms with Crippen LogP contribution in [0.2, 0.25) is 0 Å². The Hall–Kier alpha value is -2.95. The summed E-state index contributed by atoms with van der Waals surface area (Å²) in [6.07, 6.45) is 1.46. The molecule has 0 spiro atoms. The number of carboxylic acid groups (broad SMARTS) is 1. The van der Waals surface area contributed by atoms with Gasteiger partial charge in [-0.3, -0.25) is 4.79 Å². The largest absolute Gasteiger partial charge is 0.478 e. The number of benzene rings is 2. The number of aryl methyl sites for hydroxylation is 2. The van der Waals surface area contributed by atoms with Gasteiger partial charge in [0.25, 0.3) is 5.56 Å². The number of carbonyl (C=O) groups is 1. The van der Waals surface area contributed by atoms with Crippen molar-refractivity contribution in [3.8, 4) is 0 Å². The lowest BCUT2D eigenvalue weighted by molar-refractivity contribution is 0.0696. The van der Waals surface area contributed by atoms with Crippen LogP contribution >= 0.6 is 0 Å². The van der Waals surface area contributed by atoms with Crippen LogP contribution in [0.15, 0.2) is 59.4 Å². The average molecular weight is 325 g/mol. The molecule has 1 heterocycles. The van der Waals surface area contributed by atoms with Crippen molar-refractivity contribution in [1.29, 1.82) is 0 Å². The molecule has 0 bridgehead atoms. The van der Waals surface area contributed by atoms with E-state index in [0.29, 0.717) is 18.4 Å². The predicted octanol–water partition coefficient (Wildman–Crippen LogP) is 3.47. The number of halogens is 1. The second-order valence-electron chi connectivity index (χ2n) is 5.61. The van der Waals surface area contributed by atoms with Gasteiger partial charge in [0.05, 0.1) is 11.1 Å². The Bertz CT molecular complexity index is 948. The van der Waals surface area contributed by atoms with Gasteiger partial charge in [0.15, 0.2) is 0 Å². The van der Waals surface area contributed by atoms with Crippen molar-refractivity contribution >= 4 is 16.9 Å². The lowest BCUT2D eigenvalue weighted by atomic mass is 10.1. The third-order valence-electron chi connectivity index (χ3n) is 3.97. The zero-order chi connectivity index (χ0) is 17.1. The van der Waals surface area contributed by atoms with E-state index in [1.54, 1.807) is 0 Å². The number of fused-ring (bicyclic) bond motifs is 1. The summed E-state index contributed by atoms with van der Waals surface area (Å²) in [4.78, 5) is 23.2. The molecule has 0 aliphatic carbocycles. The van der Waals surface area contributed by atoms with Crippen LogP contribution < -0.4 is 5.56 Å². The lowest BCUT2D eigenvalue weighted by Crippen LogP contribution is -2.20. The molecule has 2 aromatic carbocycles. The summed E-state index contributed by atoms with van der Waals surface area (Å²) in [5, 5.41) is 9.43. The van der Waals surface area contributed by atoms with Crippen LogP contribution in [0.1, 0.15) is 22.3 Å². The maximum atomic E-state index is 14.4. The first-order valence-corrected chi connectivity index (χ1v) is 7.66. The summed E-state index contributed by atoms with van der Waals surface area (Å²) in [5.41, 5.74) is 0.881. The fourth-order valence-corrected chi connectivity index (χ4v) is 2.82. The van der Waals surface area contributed by atoms with Crippen LogP contribution in [0.3, 0.4) is 0 Å². The summed E-state index contributed by atoms with van der Waals surface area (Å²) in [6.45, 7) is 0.369. The number of nitrogens with zero attached hydrogens (tertiary/aromatic N) is 1. The molecule has 1 N–H and O–H groups in total. The summed E-state index contributed by atoms with van der Waals surface area (Å²) in [7, 11) is 0. The number of hydrogen-bond acceptors (Lipinski definition) is 2. The monoisotopic (exact) mass is 325 g/mol. The van der Waals surface area contributed by atoms with Crippen molar-refractivity contribution < 1.29 is 14.3 Å². The van der Waals surface area contributed by atoms with E-state index in [9.17, 15) is 14.0 Å². The molecule has 122 valence electrons. The molecule has 0 saturated carbocycles. The van der Waals surface area contributed by atoms with Crippen molar-refractivity contribution in [3.63, 3.8) is 0 Å². The van der Waals surface area contributed by atoms with Crippen molar-refractivity contribution in [1.82, 2.24) is 4.57 Å². The second-order valence-corrected chi connectivity index (χ2v) is 5.61. The van der Waals surface area contributed by atoms with Gasteiger partial charge in [0.2, 0.25) is 0 Å². The summed E-state index contributed by atoms with van der Waals surface area (Å²) in [5.74, 6) is -1.89. The van der Waals surface area contributed by atoms with Crippen LogP contribution in [0.4, 0.5) is 4.39 Å². The third kappa shape index (κ3) is 3.20. The Balaban J connectivity index is 1.93. The van der Waals surface area contributed by atoms with Gasteiger partial charge in [-0.1, -0.05) is 30.3 Å². The van der Waals surface area contributed by atoms with E-state index in [-0.39, 0.29) is 16.6 Å². The molecular formula is C19H16FNO3. The van der Waals surface area contributed by atoms with Crippen molar-refractivity contribution in [2.45, 2.75) is 19.4 Å². The number of aromatic nitrogens is 1. The van der Waals surface area contributed by atoms with Crippen LogP contribution in [0, 0.1) is 5.82 Å². The molecule has 0 unspecified atom stereocenters. The van der Waals surface area contributed by atoms with Crippen molar-refractivity contribution in [2.75, 3.05) is 0 Å². The van der Waals surface area contributed by atoms with E-state index in [1.165, 1.54) is 22.8 Å². The predicted molar refractivity (Wildman–Crippen MR) is 89.9 cm³/mol. The number of pyridine rings is 1. The van der Waals surface area contributed by atoms with Gasteiger partial charge < -0.3 is 9.67 Å². The lowest BCUT2D eigenvalue weighted by Gasteiger charge is -2.11. The molecule has 0 atom stereocenters. The van der Waals surface area contributed by atoms with Crippen LogP contribution in [-0.2, 0) is 13.0 Å². The van der Waals surface area contributed by atoms with E-state index in [2.05, 4.69) is 0 Å². The van der Waals surface area contributed by atoms with Crippen molar-refractivity contribution in [2.24, 2.45) is 0 Å². The summed E-state index contributed by atoms with van der Waals surface area (Å²) < 4.78 is 15.7. The molecular weight excluding hydrogens is 309 g/mol. The number of rotatable bonds is 5. The number of hydrogen-bond donors (Lipinski definition) is 1. The van der Waals surface area contributed by atoms with E-state index in [4.69, 9.17) is 5.11 Å².